The van der Waals surface area contributed by atoms with Crippen LogP contribution in [0.1, 0.15) is 6.42 Å². The van der Waals surface area contributed by atoms with Gasteiger partial charge in [-0.15, -0.1) is 4.03 Å². The molecule has 0 bridgehead atoms. The molecule has 1 rings (SSSR count). The summed E-state index contributed by atoms with van der Waals surface area (Å²) in [5.41, 5.74) is 0. The molecule has 0 aromatic heterocycles. The number of hydrogen-bond acceptors (Lipinski definition) is 2. The van der Waals surface area contributed by atoms with E-state index in [1.165, 1.54) is 9.04 Å². The van der Waals surface area contributed by atoms with Gasteiger partial charge in [0, 0.05) is 29.2 Å². The molecule has 1 N–H and O–H groups in total. The highest BCUT2D eigenvalue weighted by Gasteiger charge is 2.23. The molecular weight excluding hydrogens is 188 g/mol. The molecule has 1 heterocycles. The fourth-order valence-electron chi connectivity index (χ4n) is 0.769. The van der Waals surface area contributed by atoms with Crippen LogP contribution in [0.4, 0.5) is 4.79 Å². The Balaban J connectivity index is 2.49. The Morgan fingerprint density at radius 2 is 2.22 bits per heavy atom. The maximum atomic E-state index is 10.3. The van der Waals surface area contributed by atoms with Crippen molar-refractivity contribution in [3.05, 3.63) is 0 Å². The minimum Gasteiger partial charge on any atom is -0.464 e. The van der Waals surface area contributed by atoms with Crippen LogP contribution in [-0.4, -0.2) is 33.3 Å². The van der Waals surface area contributed by atoms with Gasteiger partial charge in [0.15, 0.2) is 0 Å². The van der Waals surface area contributed by atoms with Crippen LogP contribution >= 0.6 is 16.1 Å². The summed E-state index contributed by atoms with van der Waals surface area (Å²) in [6.07, 6.45) is 0.00162. The van der Waals surface area contributed by atoms with Crippen molar-refractivity contribution >= 4 is 22.2 Å². The number of rotatable bonds is 0. The summed E-state index contributed by atoms with van der Waals surface area (Å²) in [5.74, 6) is 0. The van der Waals surface area contributed by atoms with Crippen molar-refractivity contribution in [3.8, 4) is 0 Å². The van der Waals surface area contributed by atoms with Crippen LogP contribution in [0.15, 0.2) is 0 Å². The quantitative estimate of drug-likeness (QED) is 0.584. The van der Waals surface area contributed by atoms with Gasteiger partial charge in [0.25, 0.3) is 0 Å². The topological polar surface area (TPSA) is 43.8 Å². The van der Waals surface area contributed by atoms with E-state index in [9.17, 15) is 4.79 Å². The van der Waals surface area contributed by atoms with Gasteiger partial charge in [0.05, 0.1) is 0 Å². The molecule has 0 saturated carbocycles. The first kappa shape index (κ1) is 6.82. The van der Waals surface area contributed by atoms with E-state index in [1.54, 1.807) is 0 Å². The van der Waals surface area contributed by atoms with Crippen LogP contribution in [0.5, 0.6) is 0 Å². The standard InChI is InChI=1S/C4H7BrN2O2/c5-7-3-1-2-6(7)4(8)9/h1-3H2,(H,8,9). The van der Waals surface area contributed by atoms with Crippen LogP contribution in [0.25, 0.3) is 0 Å². The molecule has 0 aromatic rings. The number of carbonyl (C=O) groups is 1. The number of halogens is 1. The minimum atomic E-state index is -0.899. The largest absolute Gasteiger partial charge is 0.464 e. The lowest BCUT2D eigenvalue weighted by atomic mass is 10.5. The predicted octanol–water partition coefficient (Wildman–Crippen LogP) is 0.897. The van der Waals surface area contributed by atoms with E-state index in [1.807, 2.05) is 0 Å². The molecule has 1 aliphatic rings. The molecule has 1 amide bonds. The van der Waals surface area contributed by atoms with E-state index in [-0.39, 0.29) is 0 Å². The van der Waals surface area contributed by atoms with Crippen LogP contribution in [-0.2, 0) is 0 Å². The molecule has 0 radical (unpaired) electrons. The van der Waals surface area contributed by atoms with Gasteiger partial charge in [-0.25, -0.2) is 9.80 Å². The monoisotopic (exact) mass is 194 g/mol. The molecule has 52 valence electrons. The third-order valence-electron chi connectivity index (χ3n) is 1.20. The molecule has 1 saturated heterocycles. The maximum absolute atomic E-state index is 10.3. The number of carboxylic acid groups (broad SMARTS) is 1. The van der Waals surface area contributed by atoms with Gasteiger partial charge in [-0.05, 0) is 6.42 Å². The van der Waals surface area contributed by atoms with E-state index in [0.717, 1.165) is 13.0 Å². The second kappa shape index (κ2) is 2.53. The zero-order valence-electron chi connectivity index (χ0n) is 4.75. The Hall–Kier alpha value is -0.290. The van der Waals surface area contributed by atoms with E-state index < -0.39 is 6.09 Å². The van der Waals surface area contributed by atoms with Gasteiger partial charge in [0.2, 0.25) is 0 Å². The minimum absolute atomic E-state index is 0.598. The van der Waals surface area contributed by atoms with Gasteiger partial charge >= 0.3 is 6.09 Å². The van der Waals surface area contributed by atoms with Crippen LogP contribution < -0.4 is 0 Å². The third kappa shape index (κ3) is 1.34. The lowest BCUT2D eigenvalue weighted by Crippen LogP contribution is -2.33. The van der Waals surface area contributed by atoms with Crippen molar-refractivity contribution < 1.29 is 9.90 Å². The SMILES string of the molecule is O=C(O)N1CCCN1Br. The Labute approximate surface area is 61.4 Å². The average Bonchev–Trinajstić information content (AvgIpc) is 2.13. The Morgan fingerprint density at radius 1 is 1.56 bits per heavy atom. The second-order valence-corrected chi connectivity index (χ2v) is 2.64. The normalized spacial score (nSPS) is 20.8. The van der Waals surface area contributed by atoms with Crippen LogP contribution in [0.2, 0.25) is 0 Å². The Bertz CT molecular complexity index is 130. The molecule has 0 unspecified atom stereocenters. The molecule has 0 aliphatic carbocycles. The lowest BCUT2D eigenvalue weighted by Gasteiger charge is -2.16. The first-order valence-electron chi connectivity index (χ1n) is 2.65. The molecule has 5 heteroatoms. The summed E-state index contributed by atoms with van der Waals surface area (Å²) in [4.78, 5) is 10.3. The summed E-state index contributed by atoms with van der Waals surface area (Å²) in [7, 11) is 0. The van der Waals surface area contributed by atoms with E-state index in [2.05, 4.69) is 16.1 Å². The summed E-state index contributed by atoms with van der Waals surface area (Å²) in [6, 6.07) is 0. The summed E-state index contributed by atoms with van der Waals surface area (Å²) >= 11 is 3.08. The molecule has 0 aromatic carbocycles. The van der Waals surface area contributed by atoms with Gasteiger partial charge in [-0.1, -0.05) is 0 Å². The van der Waals surface area contributed by atoms with Gasteiger partial charge in [0.1, 0.15) is 0 Å². The van der Waals surface area contributed by atoms with E-state index in [0.29, 0.717) is 6.54 Å². The summed E-state index contributed by atoms with van der Waals surface area (Å²) < 4.78 is 1.52. The zero-order chi connectivity index (χ0) is 6.85. The first-order chi connectivity index (χ1) is 4.22. The fraction of sp³-hybridized carbons (Fsp3) is 0.750. The lowest BCUT2D eigenvalue weighted by molar-refractivity contribution is 0.101. The molecule has 4 nitrogen and oxygen atoms in total. The van der Waals surface area contributed by atoms with Crippen molar-refractivity contribution in [2.75, 3.05) is 13.1 Å². The predicted molar refractivity (Wildman–Crippen MR) is 35.0 cm³/mol. The van der Waals surface area contributed by atoms with Gasteiger partial charge in [-0.3, -0.25) is 0 Å². The molecule has 9 heavy (non-hydrogen) atoms. The second-order valence-electron chi connectivity index (χ2n) is 1.82. The zero-order valence-corrected chi connectivity index (χ0v) is 6.34. The summed E-state index contributed by atoms with van der Waals surface area (Å²) in [5, 5.41) is 9.67. The van der Waals surface area contributed by atoms with Crippen molar-refractivity contribution in [1.82, 2.24) is 9.04 Å². The van der Waals surface area contributed by atoms with Crippen molar-refractivity contribution in [3.63, 3.8) is 0 Å². The molecule has 1 fully saturated rings. The number of nitrogens with zero attached hydrogens (tertiary/aromatic N) is 2. The van der Waals surface area contributed by atoms with Gasteiger partial charge in [-0.2, -0.15) is 0 Å². The number of hydrogen-bond donors (Lipinski definition) is 1. The third-order valence-corrected chi connectivity index (χ3v) is 1.93. The Kier molecular flexibility index (Phi) is 1.92. The van der Waals surface area contributed by atoms with Crippen molar-refractivity contribution in [2.24, 2.45) is 0 Å². The van der Waals surface area contributed by atoms with Crippen LogP contribution in [0.3, 0.4) is 0 Å². The first-order valence-corrected chi connectivity index (χ1v) is 3.36. The maximum Gasteiger partial charge on any atom is 0.422 e. The molecular formula is C4H7BrN2O2. The highest BCUT2D eigenvalue weighted by Crippen LogP contribution is 2.13. The molecule has 0 spiro atoms. The highest BCUT2D eigenvalue weighted by molar-refractivity contribution is 9.07. The fourth-order valence-corrected chi connectivity index (χ4v) is 1.31. The van der Waals surface area contributed by atoms with E-state index in [4.69, 9.17) is 5.11 Å². The van der Waals surface area contributed by atoms with E-state index >= 15 is 0 Å². The average molecular weight is 195 g/mol. The Morgan fingerprint density at radius 3 is 2.44 bits per heavy atom. The summed E-state index contributed by atoms with van der Waals surface area (Å²) in [6.45, 7) is 1.37. The molecule has 1 aliphatic heterocycles. The van der Waals surface area contributed by atoms with Gasteiger partial charge < -0.3 is 5.11 Å². The molecule has 0 atom stereocenters. The number of amides is 1. The highest BCUT2D eigenvalue weighted by atomic mass is 79.9. The number of hydrazine groups is 1. The van der Waals surface area contributed by atoms with Crippen molar-refractivity contribution in [1.29, 1.82) is 0 Å². The van der Waals surface area contributed by atoms with Crippen molar-refractivity contribution in [2.45, 2.75) is 6.42 Å². The smallest absolute Gasteiger partial charge is 0.422 e. The van der Waals surface area contributed by atoms with Crippen LogP contribution in [0, 0.1) is 0 Å².